The van der Waals surface area contributed by atoms with Crippen LogP contribution in [0.2, 0.25) is 0 Å². The minimum absolute atomic E-state index is 0.0191. The molecule has 0 aromatic rings. The van der Waals surface area contributed by atoms with Gasteiger partial charge in [0.05, 0.1) is 50.0 Å². The molecule has 0 unspecified atom stereocenters. The Balaban J connectivity index is 0.921. The lowest BCUT2D eigenvalue weighted by atomic mass is 9.41. The Labute approximate surface area is 538 Å². The van der Waals surface area contributed by atoms with E-state index in [0.717, 1.165) is 24.7 Å². The smallest absolute Gasteiger partial charge is 0.397 e. The Morgan fingerprint density at radius 2 is 1.29 bits per heavy atom. The normalized spacial score (nSPS) is 49.2. The van der Waals surface area contributed by atoms with Gasteiger partial charge in [0.2, 0.25) is 0 Å². The molecule has 10 aliphatic rings. The van der Waals surface area contributed by atoms with Crippen LogP contribution in [0.4, 0.5) is 0 Å². The number of aliphatic hydroxyl groups is 10. The zero-order valence-corrected chi connectivity index (χ0v) is 54.5. The molecule has 532 valence electrons. The monoisotopic (exact) mass is 1380 g/mol. The minimum Gasteiger partial charge on any atom is -0.458 e. The first-order chi connectivity index (χ1) is 43.4. The number of Topliss-reactive ketones (excluding diaryl/α,β-unsaturated/α-hetero) is 1. The highest BCUT2D eigenvalue weighted by atomic mass is 32.3. The van der Waals surface area contributed by atoms with E-state index in [9.17, 15) is 86.6 Å². The van der Waals surface area contributed by atoms with Crippen LogP contribution in [0.3, 0.4) is 0 Å². The highest BCUT2D eigenvalue weighted by Crippen LogP contribution is 2.75. The maximum Gasteiger partial charge on any atom is 0.397 e. The van der Waals surface area contributed by atoms with Gasteiger partial charge in [-0.25, -0.2) is 8.37 Å². The molecule has 6 saturated heterocycles. The molecule has 31 atom stereocenters. The van der Waals surface area contributed by atoms with Gasteiger partial charge in [0.1, 0.15) is 115 Å². The first-order valence-electron chi connectivity index (χ1n) is 31.5. The van der Waals surface area contributed by atoms with E-state index in [-0.39, 0.29) is 30.0 Å². The molecule has 34 heteroatoms. The van der Waals surface area contributed by atoms with E-state index < -0.39 is 228 Å². The number of rotatable bonds is 21. The molecule has 4 aliphatic carbocycles. The molecule has 0 radical (unpaired) electrons. The summed E-state index contributed by atoms with van der Waals surface area (Å²) in [5, 5.41) is 112. The van der Waals surface area contributed by atoms with Crippen LogP contribution < -0.4 is 0 Å². The zero-order chi connectivity index (χ0) is 68.2. The van der Waals surface area contributed by atoms with E-state index in [1.807, 2.05) is 34.6 Å². The maximum absolute atomic E-state index is 14.5. The number of esters is 1. The van der Waals surface area contributed by atoms with Gasteiger partial charge in [-0.05, 0) is 94.8 Å². The van der Waals surface area contributed by atoms with Gasteiger partial charge in [-0.3, -0.25) is 18.7 Å². The van der Waals surface area contributed by atoms with Crippen molar-refractivity contribution in [1.29, 1.82) is 0 Å². The predicted octanol–water partition coefficient (Wildman–Crippen LogP) is -2.09. The second-order valence-corrected chi connectivity index (χ2v) is 30.3. The first-order valence-corrected chi connectivity index (χ1v) is 34.2. The lowest BCUT2D eigenvalue weighted by molar-refractivity contribution is -0.403. The Bertz CT molecular complexity index is 2970. The summed E-state index contributed by atoms with van der Waals surface area (Å²) in [5.41, 5.74) is -1.91. The van der Waals surface area contributed by atoms with Crippen molar-refractivity contribution < 1.29 is 152 Å². The Morgan fingerprint density at radius 1 is 0.677 bits per heavy atom. The summed E-state index contributed by atoms with van der Waals surface area (Å²) in [7, 11) is -9.46. The van der Waals surface area contributed by atoms with Gasteiger partial charge in [-0.2, -0.15) is 16.8 Å². The summed E-state index contributed by atoms with van der Waals surface area (Å²) in [5.74, 6) is -1.10. The molecule has 0 bridgehead atoms. The van der Waals surface area contributed by atoms with Crippen LogP contribution in [-0.2, 0) is 95.6 Å². The topological polar surface area (TPSA) is 474 Å². The van der Waals surface area contributed by atoms with E-state index in [1.54, 1.807) is 0 Å². The van der Waals surface area contributed by atoms with Crippen LogP contribution in [-0.4, -0.2) is 275 Å². The molecule has 3 saturated carbocycles. The number of hydrogen-bond donors (Lipinski definition) is 12. The molecule has 10 rings (SSSR count). The number of cyclic esters (lactones) is 1. The Kier molecular flexibility index (Phi) is 21.4. The second-order valence-electron chi connectivity index (χ2n) is 28.2. The largest absolute Gasteiger partial charge is 0.458 e. The molecule has 93 heavy (non-hydrogen) atoms. The number of aliphatic hydroxyl groups excluding tert-OH is 10. The van der Waals surface area contributed by atoms with Crippen molar-refractivity contribution in [2.75, 3.05) is 33.5 Å². The number of allylic oxidation sites excluding steroid dienone is 3. The molecule has 32 nitrogen and oxygen atoms in total. The maximum atomic E-state index is 14.5. The van der Waals surface area contributed by atoms with E-state index in [2.05, 4.69) is 23.8 Å². The van der Waals surface area contributed by atoms with Crippen LogP contribution in [0.1, 0.15) is 106 Å². The number of carbonyl (C=O) groups is 2. The van der Waals surface area contributed by atoms with Crippen molar-refractivity contribution in [2.45, 2.75) is 259 Å². The van der Waals surface area contributed by atoms with Crippen molar-refractivity contribution in [1.82, 2.24) is 0 Å². The van der Waals surface area contributed by atoms with E-state index in [1.165, 1.54) is 6.92 Å². The van der Waals surface area contributed by atoms with E-state index in [4.69, 9.17) is 61.0 Å². The third-order valence-corrected chi connectivity index (χ3v) is 23.0. The fourth-order valence-electron chi connectivity index (χ4n) is 17.4. The molecular weight excluding hydrogens is 1280 g/mol. The average Bonchev–Trinajstić information content (AvgIpc) is 1.52. The minimum atomic E-state index is -5.32. The Hall–Kier alpha value is -2.48. The third kappa shape index (κ3) is 13.5. The lowest BCUT2D eigenvalue weighted by Crippen LogP contribution is -2.68. The van der Waals surface area contributed by atoms with E-state index in [0.29, 0.717) is 44.9 Å². The van der Waals surface area contributed by atoms with Gasteiger partial charge in [0, 0.05) is 18.9 Å². The lowest BCUT2D eigenvalue weighted by Gasteiger charge is -2.63. The van der Waals surface area contributed by atoms with Crippen LogP contribution >= 0.6 is 0 Å². The molecule has 0 aromatic carbocycles. The summed E-state index contributed by atoms with van der Waals surface area (Å²) in [6, 6.07) is 0. The number of methoxy groups -OCH3 is 1. The standard InChI is InChI=1S/C59H92O32S2/c1-24(2)11-10-16-58(8)48-28(61)19-57(7)27-12-13-33-55(4,5)34(15-17-56(33,6)26(27)14-18-59(48,57)54(71)90-58)85-52-46(38(66)32(22-80-52)91-93(75,76)77)89-53-47(88-49-39(67)35(63)29(62)21-79-49)40(68)43(25(3)82-53)86-51-42(70)45(37(65)31(84-51)23-81-92(72,73)74)87-50-41(69)44(78-9)36(64)30(20-60)83-50/h12,25-26,29-53,60,62-70H,1,10-11,13-23H2,2-9H3,(H,72,73,74)(H,75,76,77)/t25-,26-,29-,30-,31-,32-,33+,34+,35+,36-,37-,38+,39-,40+,41-,42-,43-,44+,45+,46-,47-,48-,49+,50+,51+,52+,53+,56-,57+,58+,59-/m1/s1. The Morgan fingerprint density at radius 3 is 1.94 bits per heavy atom. The average molecular weight is 1380 g/mol. The molecule has 0 amide bonds. The summed E-state index contributed by atoms with van der Waals surface area (Å²) >= 11 is 0. The second kappa shape index (κ2) is 27.2. The van der Waals surface area contributed by atoms with Crippen molar-refractivity contribution in [3.8, 4) is 0 Å². The molecule has 6 heterocycles. The van der Waals surface area contributed by atoms with Gasteiger partial charge in [-0.15, -0.1) is 6.58 Å². The molecule has 6 aliphatic heterocycles. The number of fused-ring (bicyclic) bond motifs is 4. The van der Waals surface area contributed by atoms with Crippen LogP contribution in [0.15, 0.2) is 23.8 Å². The highest BCUT2D eigenvalue weighted by molar-refractivity contribution is 7.81. The first kappa shape index (κ1) is 73.2. The summed E-state index contributed by atoms with van der Waals surface area (Å²) in [6.45, 7) is 14.1. The van der Waals surface area contributed by atoms with Crippen molar-refractivity contribution in [3.05, 3.63) is 23.8 Å². The van der Waals surface area contributed by atoms with Crippen LogP contribution in [0.5, 0.6) is 0 Å². The van der Waals surface area contributed by atoms with Crippen molar-refractivity contribution in [2.24, 2.45) is 39.4 Å². The summed E-state index contributed by atoms with van der Waals surface area (Å²) in [6.07, 6.45) is -37.5. The molecule has 0 aromatic heterocycles. The number of hydrogen-bond acceptors (Lipinski definition) is 30. The fraction of sp³-hybridized carbons (Fsp3) is 0.898. The fourth-order valence-corrected chi connectivity index (χ4v) is 18.2. The van der Waals surface area contributed by atoms with Gasteiger partial charge in [0.25, 0.3) is 0 Å². The molecule has 1 spiro atoms. The molecule has 12 N–H and O–H groups in total. The van der Waals surface area contributed by atoms with Crippen molar-refractivity contribution in [3.63, 3.8) is 0 Å². The van der Waals surface area contributed by atoms with Crippen LogP contribution in [0.25, 0.3) is 0 Å². The van der Waals surface area contributed by atoms with Gasteiger partial charge in [0.15, 0.2) is 31.5 Å². The quantitative estimate of drug-likeness (QED) is 0.0333. The predicted molar refractivity (Wildman–Crippen MR) is 308 cm³/mol. The van der Waals surface area contributed by atoms with E-state index >= 15 is 0 Å². The summed E-state index contributed by atoms with van der Waals surface area (Å²) < 4.78 is 149. The van der Waals surface area contributed by atoms with Gasteiger partial charge >= 0.3 is 26.8 Å². The molecular formula is C59H92O32S2. The summed E-state index contributed by atoms with van der Waals surface area (Å²) in [4.78, 5) is 28.9. The zero-order valence-electron chi connectivity index (χ0n) is 52.9. The van der Waals surface area contributed by atoms with Crippen LogP contribution in [0, 0.1) is 39.4 Å². The van der Waals surface area contributed by atoms with Crippen molar-refractivity contribution >= 4 is 32.6 Å². The SMILES string of the molecule is C=C(C)CCC[C@]1(C)OC(=O)[C@]23CC[C@@H]4C(=CC[C@H]5C(C)(C)[C@@H](O[C@@H]6OC[C@@H](OS(=O)(=O)O)[C@H](O)[C@H]6O[C@@H]6O[C@H](C)[C@@H](O[C@@H]7O[C@H](COS(=O)(=O)O)[C@@H](O)[C@H](O[C@@H]8O[C@H](CO)[C@@H](O)[C@H](OC)[C@H]8O)[C@H]7O)[C@H](O)[C@H]6O[C@@H]6OC[C@@H](O)[C@H](O)[C@H]6O)CC[C@]45C)[C@]2(C)CC(=O)[C@@H]31. The number of ketones is 1. The van der Waals surface area contributed by atoms with Gasteiger partial charge < -0.3 is 108 Å². The van der Waals surface area contributed by atoms with Gasteiger partial charge in [-0.1, -0.05) is 44.9 Å². The highest BCUT2D eigenvalue weighted by Gasteiger charge is 2.79. The third-order valence-electron chi connectivity index (χ3n) is 22.0. The molecule has 9 fully saturated rings. The number of ether oxygens (including phenoxy) is 12. The number of carbonyl (C=O) groups excluding carboxylic acids is 2.